The zero-order valence-corrected chi connectivity index (χ0v) is 15.8. The first kappa shape index (κ1) is 19.4. The molecule has 0 saturated carbocycles. The molecule has 0 amide bonds. The SMILES string of the molecule is O=c1c(-c2ccccc2O)c[nH]c2c(-c3ccc(Cl)c(Cl)c3)c(C(F)(F)F)nn12. The lowest BCUT2D eigenvalue weighted by atomic mass is 10.0. The van der Waals surface area contributed by atoms with Gasteiger partial charge in [0.2, 0.25) is 0 Å². The third kappa shape index (κ3) is 3.24. The predicted octanol–water partition coefficient (Wildman–Crippen LogP) is 5.39. The van der Waals surface area contributed by atoms with E-state index in [0.717, 1.165) is 0 Å². The van der Waals surface area contributed by atoms with Crippen molar-refractivity contribution < 1.29 is 18.3 Å². The number of aromatic nitrogens is 3. The van der Waals surface area contributed by atoms with Gasteiger partial charge < -0.3 is 10.1 Å². The Balaban J connectivity index is 2.06. The summed E-state index contributed by atoms with van der Waals surface area (Å²) in [5.41, 5.74) is -2.36. The zero-order valence-electron chi connectivity index (χ0n) is 14.3. The average molecular weight is 440 g/mol. The molecule has 10 heteroatoms. The van der Waals surface area contributed by atoms with Gasteiger partial charge >= 0.3 is 6.18 Å². The molecule has 0 saturated heterocycles. The van der Waals surface area contributed by atoms with Gasteiger partial charge in [0, 0.05) is 11.8 Å². The molecule has 0 atom stereocenters. The fourth-order valence-electron chi connectivity index (χ4n) is 3.03. The number of nitrogens with one attached hydrogen (secondary N) is 1. The molecular formula is C19H10Cl2F3N3O2. The summed E-state index contributed by atoms with van der Waals surface area (Å²) >= 11 is 11.8. The molecule has 2 aromatic carbocycles. The number of halogens is 5. The summed E-state index contributed by atoms with van der Waals surface area (Å²) in [6, 6.07) is 9.97. The van der Waals surface area contributed by atoms with E-state index in [9.17, 15) is 23.1 Å². The lowest BCUT2D eigenvalue weighted by molar-refractivity contribution is -0.140. The molecule has 2 N–H and O–H groups in total. The van der Waals surface area contributed by atoms with Crippen molar-refractivity contribution in [3.8, 4) is 28.0 Å². The highest BCUT2D eigenvalue weighted by Gasteiger charge is 2.39. The predicted molar refractivity (Wildman–Crippen MR) is 103 cm³/mol. The fourth-order valence-corrected chi connectivity index (χ4v) is 3.33. The van der Waals surface area contributed by atoms with Gasteiger partial charge in [0.15, 0.2) is 5.69 Å². The maximum absolute atomic E-state index is 13.7. The van der Waals surface area contributed by atoms with Crippen LogP contribution in [0.15, 0.2) is 53.5 Å². The largest absolute Gasteiger partial charge is 0.507 e. The van der Waals surface area contributed by atoms with E-state index < -0.39 is 17.4 Å². The number of nitrogens with zero attached hydrogens (tertiary/aromatic N) is 2. The van der Waals surface area contributed by atoms with Crippen LogP contribution in [0.2, 0.25) is 10.0 Å². The minimum Gasteiger partial charge on any atom is -0.507 e. The van der Waals surface area contributed by atoms with E-state index in [1.54, 1.807) is 12.1 Å². The topological polar surface area (TPSA) is 70.4 Å². The van der Waals surface area contributed by atoms with Gasteiger partial charge in [-0.15, -0.1) is 0 Å². The average Bonchev–Trinajstić information content (AvgIpc) is 3.06. The van der Waals surface area contributed by atoms with E-state index >= 15 is 0 Å². The smallest absolute Gasteiger partial charge is 0.435 e. The normalized spacial score (nSPS) is 11.9. The van der Waals surface area contributed by atoms with Crippen LogP contribution < -0.4 is 5.56 Å². The third-order valence-electron chi connectivity index (χ3n) is 4.33. The molecule has 0 spiro atoms. The third-order valence-corrected chi connectivity index (χ3v) is 5.07. The van der Waals surface area contributed by atoms with Crippen LogP contribution in [0, 0.1) is 0 Å². The van der Waals surface area contributed by atoms with Crippen molar-refractivity contribution in [2.45, 2.75) is 6.18 Å². The Kier molecular flexibility index (Phi) is 4.55. The minimum atomic E-state index is -4.83. The molecule has 4 rings (SSSR count). The molecule has 29 heavy (non-hydrogen) atoms. The molecule has 2 aromatic heterocycles. The summed E-state index contributed by atoms with van der Waals surface area (Å²) in [5.74, 6) is -0.190. The highest BCUT2D eigenvalue weighted by atomic mass is 35.5. The molecule has 0 radical (unpaired) electrons. The van der Waals surface area contributed by atoms with Crippen LogP contribution in [0.5, 0.6) is 5.75 Å². The number of phenols is 1. The van der Waals surface area contributed by atoms with Gasteiger partial charge in [0.25, 0.3) is 5.56 Å². The van der Waals surface area contributed by atoms with Crippen LogP contribution in [0.1, 0.15) is 5.69 Å². The Bertz CT molecular complexity index is 1310. The number of para-hydroxylation sites is 1. The molecule has 148 valence electrons. The minimum absolute atomic E-state index is 0.0347. The van der Waals surface area contributed by atoms with Gasteiger partial charge in [0.1, 0.15) is 11.4 Å². The Morgan fingerprint density at radius 3 is 2.41 bits per heavy atom. The summed E-state index contributed by atoms with van der Waals surface area (Å²) in [6.45, 7) is 0. The van der Waals surface area contributed by atoms with E-state index in [-0.39, 0.29) is 43.7 Å². The summed E-state index contributed by atoms with van der Waals surface area (Å²) in [4.78, 5) is 15.6. The monoisotopic (exact) mass is 439 g/mol. The van der Waals surface area contributed by atoms with Crippen molar-refractivity contribution in [2.24, 2.45) is 0 Å². The van der Waals surface area contributed by atoms with Crippen LogP contribution in [-0.2, 0) is 6.18 Å². The van der Waals surface area contributed by atoms with Crippen molar-refractivity contribution in [3.63, 3.8) is 0 Å². The van der Waals surface area contributed by atoms with Crippen molar-refractivity contribution in [2.75, 3.05) is 0 Å². The number of aromatic hydroxyl groups is 1. The van der Waals surface area contributed by atoms with Crippen LogP contribution in [-0.4, -0.2) is 19.7 Å². The lowest BCUT2D eigenvalue weighted by Crippen LogP contribution is -2.18. The number of benzene rings is 2. The Labute approximate surface area is 170 Å². The molecule has 2 heterocycles. The summed E-state index contributed by atoms with van der Waals surface area (Å²) in [5, 5.41) is 13.7. The summed E-state index contributed by atoms with van der Waals surface area (Å²) in [7, 11) is 0. The second-order valence-corrected chi connectivity index (χ2v) is 6.95. The lowest BCUT2D eigenvalue weighted by Gasteiger charge is -2.08. The van der Waals surface area contributed by atoms with Gasteiger partial charge in [-0.25, -0.2) is 0 Å². The maximum Gasteiger partial charge on any atom is 0.435 e. The second kappa shape index (κ2) is 6.82. The van der Waals surface area contributed by atoms with Crippen LogP contribution >= 0.6 is 23.2 Å². The van der Waals surface area contributed by atoms with Crippen molar-refractivity contribution in [1.82, 2.24) is 14.6 Å². The first-order chi connectivity index (χ1) is 13.7. The molecule has 0 aliphatic carbocycles. The summed E-state index contributed by atoms with van der Waals surface area (Å²) in [6.07, 6.45) is -3.60. The Morgan fingerprint density at radius 1 is 1.03 bits per heavy atom. The van der Waals surface area contributed by atoms with E-state index in [1.807, 2.05) is 0 Å². The number of hydrogen-bond acceptors (Lipinski definition) is 3. The maximum atomic E-state index is 13.7. The highest BCUT2D eigenvalue weighted by molar-refractivity contribution is 6.42. The van der Waals surface area contributed by atoms with Crippen molar-refractivity contribution in [3.05, 3.63) is 74.8 Å². The van der Waals surface area contributed by atoms with E-state index in [0.29, 0.717) is 4.52 Å². The molecule has 0 aliphatic heterocycles. The first-order valence-corrected chi connectivity index (χ1v) is 8.89. The number of aromatic amines is 1. The molecule has 5 nitrogen and oxygen atoms in total. The van der Waals surface area contributed by atoms with Gasteiger partial charge in [-0.05, 0) is 23.8 Å². The van der Waals surface area contributed by atoms with Gasteiger partial charge in [0.05, 0.1) is 21.2 Å². The fraction of sp³-hybridized carbons (Fsp3) is 0.0526. The number of fused-ring (bicyclic) bond motifs is 1. The quantitative estimate of drug-likeness (QED) is 0.439. The number of hydrogen-bond donors (Lipinski definition) is 2. The standard InChI is InChI=1S/C19H10Cl2F3N3O2/c20-12-6-5-9(7-13(12)21)15-16(19(22,23)24)26-27-17(15)25-8-11(18(27)29)10-3-1-2-4-14(10)28/h1-8,25,28H. The number of rotatable bonds is 2. The van der Waals surface area contributed by atoms with E-state index in [1.165, 1.54) is 36.5 Å². The Morgan fingerprint density at radius 2 is 1.76 bits per heavy atom. The second-order valence-electron chi connectivity index (χ2n) is 6.14. The zero-order chi connectivity index (χ0) is 20.9. The molecule has 0 fully saturated rings. The molecule has 0 bridgehead atoms. The number of H-pyrrole nitrogens is 1. The van der Waals surface area contributed by atoms with Gasteiger partial charge in [-0.2, -0.15) is 22.8 Å². The number of phenolic OH excluding ortho intramolecular Hbond substituents is 1. The Hall–Kier alpha value is -2.97. The number of alkyl halides is 3. The van der Waals surface area contributed by atoms with Crippen molar-refractivity contribution >= 4 is 28.8 Å². The van der Waals surface area contributed by atoms with Crippen LogP contribution in [0.4, 0.5) is 13.2 Å². The van der Waals surface area contributed by atoms with Gasteiger partial charge in [-0.3, -0.25) is 4.79 Å². The summed E-state index contributed by atoms with van der Waals surface area (Å²) < 4.78 is 41.7. The molecule has 0 aliphatic rings. The van der Waals surface area contributed by atoms with E-state index in [4.69, 9.17) is 23.2 Å². The van der Waals surface area contributed by atoms with Crippen LogP contribution in [0.25, 0.3) is 27.9 Å². The molecule has 4 aromatic rings. The first-order valence-electron chi connectivity index (χ1n) is 8.14. The van der Waals surface area contributed by atoms with Gasteiger partial charge in [-0.1, -0.05) is 47.5 Å². The van der Waals surface area contributed by atoms with E-state index in [2.05, 4.69) is 10.1 Å². The van der Waals surface area contributed by atoms with Crippen LogP contribution in [0.3, 0.4) is 0 Å². The molecule has 0 unspecified atom stereocenters. The molecular weight excluding hydrogens is 430 g/mol. The highest BCUT2D eigenvalue weighted by Crippen LogP contribution is 2.40. The van der Waals surface area contributed by atoms with Crippen molar-refractivity contribution in [1.29, 1.82) is 0 Å².